The highest BCUT2D eigenvalue weighted by molar-refractivity contribution is 5.81. The van der Waals surface area contributed by atoms with Crippen LogP contribution in [-0.4, -0.2) is 54.2 Å². The zero-order valence-electron chi connectivity index (χ0n) is 14.7. The van der Waals surface area contributed by atoms with Crippen molar-refractivity contribution >= 4 is 5.91 Å². The summed E-state index contributed by atoms with van der Waals surface area (Å²) in [6.07, 6.45) is 5.98. The van der Waals surface area contributed by atoms with E-state index >= 15 is 0 Å². The molecule has 1 aromatic heterocycles. The van der Waals surface area contributed by atoms with E-state index < -0.39 is 0 Å². The van der Waals surface area contributed by atoms with Crippen LogP contribution in [0.4, 0.5) is 0 Å². The topological polar surface area (TPSA) is 64.6 Å². The molecule has 3 rings (SSSR count). The van der Waals surface area contributed by atoms with Crippen LogP contribution in [0.3, 0.4) is 0 Å². The molecule has 6 nitrogen and oxygen atoms in total. The zero-order valence-corrected chi connectivity index (χ0v) is 14.7. The maximum Gasteiger partial charge on any atom is 0.225 e. The molecule has 2 fully saturated rings. The molecular weight excluding hydrogens is 306 g/mol. The average molecular weight is 333 g/mol. The molecule has 0 atom stereocenters. The van der Waals surface area contributed by atoms with Crippen molar-refractivity contribution < 1.29 is 14.3 Å². The summed E-state index contributed by atoms with van der Waals surface area (Å²) in [4.78, 5) is 23.2. The van der Waals surface area contributed by atoms with E-state index in [0.717, 1.165) is 55.9 Å². The first-order chi connectivity index (χ1) is 11.7. The average Bonchev–Trinajstić information content (AvgIpc) is 3.44. The van der Waals surface area contributed by atoms with Crippen LogP contribution in [-0.2, 0) is 20.9 Å². The molecule has 0 aromatic carbocycles. The highest BCUT2D eigenvalue weighted by atomic mass is 16.5. The summed E-state index contributed by atoms with van der Waals surface area (Å²) in [5, 5.41) is 0. The number of methoxy groups -OCH3 is 1. The molecule has 0 spiro atoms. The number of nitrogens with zero attached hydrogens (tertiary/aromatic N) is 3. The predicted octanol–water partition coefficient (Wildman–Crippen LogP) is 2.06. The standard InChI is InChI=1S/C18H27N3O3/c1-13-19-11-16(12-24-10-9-23-2)17(20-13)14-5-7-21(8-6-14)18(22)15-3-4-15/h11,14-15H,3-10,12H2,1-2H3. The quantitative estimate of drug-likeness (QED) is 0.715. The summed E-state index contributed by atoms with van der Waals surface area (Å²) in [7, 11) is 1.67. The molecule has 24 heavy (non-hydrogen) atoms. The number of amides is 1. The van der Waals surface area contributed by atoms with E-state index in [-0.39, 0.29) is 0 Å². The first kappa shape index (κ1) is 17.3. The van der Waals surface area contributed by atoms with Crippen molar-refractivity contribution in [3.8, 4) is 0 Å². The van der Waals surface area contributed by atoms with Crippen LogP contribution in [0.2, 0.25) is 0 Å². The smallest absolute Gasteiger partial charge is 0.225 e. The van der Waals surface area contributed by atoms with Crippen LogP contribution in [0, 0.1) is 12.8 Å². The first-order valence-electron chi connectivity index (χ1n) is 8.87. The van der Waals surface area contributed by atoms with Gasteiger partial charge in [-0.1, -0.05) is 0 Å². The number of rotatable bonds is 7. The molecule has 1 aromatic rings. The van der Waals surface area contributed by atoms with Crippen molar-refractivity contribution in [3.05, 3.63) is 23.3 Å². The van der Waals surface area contributed by atoms with Crippen LogP contribution in [0.5, 0.6) is 0 Å². The Morgan fingerprint density at radius 3 is 2.67 bits per heavy atom. The molecule has 2 heterocycles. The van der Waals surface area contributed by atoms with Gasteiger partial charge in [-0.3, -0.25) is 4.79 Å². The minimum absolute atomic E-state index is 0.313. The molecule has 1 aliphatic carbocycles. The Labute approximate surface area is 143 Å². The minimum atomic E-state index is 0.313. The second-order valence-corrected chi connectivity index (χ2v) is 6.75. The van der Waals surface area contributed by atoms with Crippen LogP contribution < -0.4 is 0 Å². The Balaban J connectivity index is 1.61. The number of aromatic nitrogens is 2. The fraction of sp³-hybridized carbons (Fsp3) is 0.722. The van der Waals surface area contributed by atoms with Gasteiger partial charge in [-0.2, -0.15) is 0 Å². The maximum atomic E-state index is 12.2. The van der Waals surface area contributed by atoms with Crippen molar-refractivity contribution in [2.75, 3.05) is 33.4 Å². The molecule has 0 N–H and O–H groups in total. The van der Waals surface area contributed by atoms with Gasteiger partial charge in [0, 0.05) is 43.8 Å². The van der Waals surface area contributed by atoms with Gasteiger partial charge in [0.05, 0.1) is 25.5 Å². The second-order valence-electron chi connectivity index (χ2n) is 6.75. The fourth-order valence-electron chi connectivity index (χ4n) is 3.26. The molecule has 0 radical (unpaired) electrons. The van der Waals surface area contributed by atoms with Gasteiger partial charge in [-0.25, -0.2) is 9.97 Å². The zero-order chi connectivity index (χ0) is 16.9. The molecule has 1 saturated heterocycles. The third-order valence-corrected chi connectivity index (χ3v) is 4.83. The van der Waals surface area contributed by atoms with Crippen LogP contribution in [0.25, 0.3) is 0 Å². The Bertz CT molecular complexity index is 567. The third kappa shape index (κ3) is 4.30. The lowest BCUT2D eigenvalue weighted by Crippen LogP contribution is -2.39. The number of piperidine rings is 1. The number of hydrogen-bond acceptors (Lipinski definition) is 5. The van der Waals surface area contributed by atoms with Gasteiger partial charge in [-0.05, 0) is 32.6 Å². The summed E-state index contributed by atoms with van der Waals surface area (Å²) in [6, 6.07) is 0. The maximum absolute atomic E-state index is 12.2. The molecule has 1 saturated carbocycles. The predicted molar refractivity (Wildman–Crippen MR) is 89.6 cm³/mol. The summed E-state index contributed by atoms with van der Waals surface area (Å²) < 4.78 is 10.7. The normalized spacial score (nSPS) is 18.8. The van der Waals surface area contributed by atoms with Crippen molar-refractivity contribution in [2.45, 2.75) is 45.1 Å². The van der Waals surface area contributed by atoms with Crippen molar-refractivity contribution in [1.82, 2.24) is 14.9 Å². The summed E-state index contributed by atoms with van der Waals surface area (Å²) in [5.41, 5.74) is 2.15. The molecule has 1 aliphatic heterocycles. The lowest BCUT2D eigenvalue weighted by atomic mass is 9.90. The highest BCUT2D eigenvalue weighted by Gasteiger charge is 2.35. The second kappa shape index (κ2) is 8.03. The highest BCUT2D eigenvalue weighted by Crippen LogP contribution is 2.34. The Morgan fingerprint density at radius 2 is 2.00 bits per heavy atom. The Morgan fingerprint density at radius 1 is 1.25 bits per heavy atom. The van der Waals surface area contributed by atoms with Gasteiger partial charge in [0.2, 0.25) is 5.91 Å². The fourth-order valence-corrected chi connectivity index (χ4v) is 3.26. The lowest BCUT2D eigenvalue weighted by Gasteiger charge is -2.32. The number of hydrogen-bond donors (Lipinski definition) is 0. The number of ether oxygens (including phenoxy) is 2. The monoisotopic (exact) mass is 333 g/mol. The van der Waals surface area contributed by atoms with Crippen molar-refractivity contribution in [2.24, 2.45) is 5.92 Å². The SMILES string of the molecule is COCCOCc1cnc(C)nc1C1CCN(C(=O)C2CC2)CC1. The van der Waals surface area contributed by atoms with E-state index in [0.29, 0.717) is 37.6 Å². The van der Waals surface area contributed by atoms with E-state index in [1.807, 2.05) is 18.0 Å². The number of carbonyl (C=O) groups excluding carboxylic acids is 1. The summed E-state index contributed by atoms with van der Waals surface area (Å²) in [5.74, 6) is 1.85. The van der Waals surface area contributed by atoms with E-state index in [2.05, 4.69) is 9.97 Å². The van der Waals surface area contributed by atoms with Crippen LogP contribution >= 0.6 is 0 Å². The number of aryl methyl sites for hydroxylation is 1. The Hall–Kier alpha value is -1.53. The minimum Gasteiger partial charge on any atom is -0.382 e. The van der Waals surface area contributed by atoms with Crippen molar-refractivity contribution in [1.29, 1.82) is 0 Å². The van der Waals surface area contributed by atoms with E-state index in [1.165, 1.54) is 0 Å². The van der Waals surface area contributed by atoms with Gasteiger partial charge in [0.15, 0.2) is 0 Å². The molecule has 2 aliphatic rings. The lowest BCUT2D eigenvalue weighted by molar-refractivity contribution is -0.133. The molecule has 0 bridgehead atoms. The summed E-state index contributed by atoms with van der Waals surface area (Å²) in [6.45, 7) is 5.27. The van der Waals surface area contributed by atoms with E-state index in [9.17, 15) is 4.79 Å². The van der Waals surface area contributed by atoms with Gasteiger partial charge < -0.3 is 14.4 Å². The van der Waals surface area contributed by atoms with Gasteiger partial charge in [-0.15, -0.1) is 0 Å². The van der Waals surface area contributed by atoms with Crippen LogP contribution in [0.1, 0.15) is 48.7 Å². The number of likely N-dealkylation sites (tertiary alicyclic amines) is 1. The van der Waals surface area contributed by atoms with Gasteiger partial charge >= 0.3 is 0 Å². The molecule has 6 heteroatoms. The van der Waals surface area contributed by atoms with E-state index in [1.54, 1.807) is 7.11 Å². The molecule has 1 amide bonds. The molecule has 132 valence electrons. The molecular formula is C18H27N3O3. The first-order valence-corrected chi connectivity index (χ1v) is 8.87. The largest absolute Gasteiger partial charge is 0.382 e. The summed E-state index contributed by atoms with van der Waals surface area (Å²) >= 11 is 0. The number of carbonyl (C=O) groups is 1. The molecule has 0 unspecified atom stereocenters. The van der Waals surface area contributed by atoms with Crippen molar-refractivity contribution in [3.63, 3.8) is 0 Å². The Kier molecular flexibility index (Phi) is 5.79. The van der Waals surface area contributed by atoms with Gasteiger partial charge in [0.25, 0.3) is 0 Å². The third-order valence-electron chi connectivity index (χ3n) is 4.83. The van der Waals surface area contributed by atoms with Gasteiger partial charge in [0.1, 0.15) is 5.82 Å². The van der Waals surface area contributed by atoms with E-state index in [4.69, 9.17) is 9.47 Å². The van der Waals surface area contributed by atoms with Crippen LogP contribution in [0.15, 0.2) is 6.20 Å².